The second-order valence-corrected chi connectivity index (χ2v) is 13.7. The molecule has 182 valence electrons. The number of fused-ring (bicyclic) bond motifs is 7. The largest absolute Gasteiger partial charge is 0.504 e. The van der Waals surface area contributed by atoms with Gasteiger partial charge in [0.05, 0.1) is 5.41 Å². The van der Waals surface area contributed by atoms with Gasteiger partial charge in [-0.1, -0.05) is 33.3 Å². The van der Waals surface area contributed by atoms with E-state index in [-0.39, 0.29) is 33.2 Å². The number of aliphatic hydroxyl groups is 1. The number of carbonyl (C=O) groups is 2. The first-order valence-electron chi connectivity index (χ1n) is 13.1. The zero-order valence-electron chi connectivity index (χ0n) is 21.4. The van der Waals surface area contributed by atoms with Crippen LogP contribution in [0.4, 0.5) is 0 Å². The fourth-order valence-corrected chi connectivity index (χ4v) is 9.64. The number of carbonyl (C=O) groups excluding carboxylic acids is 1. The molecule has 4 heteroatoms. The van der Waals surface area contributed by atoms with Crippen LogP contribution in [0.15, 0.2) is 23.0 Å². The highest BCUT2D eigenvalue weighted by molar-refractivity contribution is 6.04. The van der Waals surface area contributed by atoms with Gasteiger partial charge in [0.1, 0.15) is 0 Å². The van der Waals surface area contributed by atoms with Gasteiger partial charge in [-0.25, -0.2) is 0 Å². The van der Waals surface area contributed by atoms with Crippen LogP contribution in [0.25, 0.3) is 0 Å². The van der Waals surface area contributed by atoms with E-state index in [1.165, 1.54) is 18.4 Å². The van der Waals surface area contributed by atoms with Crippen LogP contribution in [0.1, 0.15) is 99.3 Å². The van der Waals surface area contributed by atoms with Crippen molar-refractivity contribution in [3.05, 3.63) is 23.0 Å². The lowest BCUT2D eigenvalue weighted by molar-refractivity contribution is -0.210. The zero-order valence-corrected chi connectivity index (χ0v) is 21.4. The Labute approximate surface area is 198 Å². The summed E-state index contributed by atoms with van der Waals surface area (Å²) >= 11 is 0. The maximum atomic E-state index is 12.6. The molecule has 5 rings (SSSR count). The van der Waals surface area contributed by atoms with Crippen molar-refractivity contribution in [2.75, 3.05) is 0 Å². The van der Waals surface area contributed by atoms with Gasteiger partial charge in [0.25, 0.3) is 0 Å². The van der Waals surface area contributed by atoms with Gasteiger partial charge >= 0.3 is 5.97 Å². The Morgan fingerprint density at radius 2 is 1.61 bits per heavy atom. The van der Waals surface area contributed by atoms with Gasteiger partial charge in [0.15, 0.2) is 5.76 Å². The third-order valence-electron chi connectivity index (χ3n) is 12.5. The molecule has 0 unspecified atom stereocenters. The smallest absolute Gasteiger partial charge is 0.309 e. The highest BCUT2D eigenvalue weighted by Crippen LogP contribution is 2.75. The average Bonchev–Trinajstić information content (AvgIpc) is 2.76. The standard InChI is InChI=1S/C29H42O4/c1-17-23(31)21(30)15-20-18-7-10-29(6)22-16-26(3,24(32)33)12-11-25(22,2)13-14-28(29,5)19(18)8-9-27(17,20)4/h15,18-19,22,31H,7-14,16H2,1-6H3,(H,32,33)/t18-,19+,22-,25-,26-,27-,28-,29+/m1/s1. The van der Waals surface area contributed by atoms with Crippen molar-refractivity contribution in [1.82, 2.24) is 0 Å². The van der Waals surface area contributed by atoms with Crippen LogP contribution in [0.2, 0.25) is 0 Å². The van der Waals surface area contributed by atoms with Gasteiger partial charge in [-0.3, -0.25) is 9.59 Å². The number of hydrogen-bond donors (Lipinski definition) is 2. The normalized spacial score (nSPS) is 51.6. The van der Waals surface area contributed by atoms with Gasteiger partial charge in [-0.05, 0) is 117 Å². The van der Waals surface area contributed by atoms with Crippen LogP contribution < -0.4 is 0 Å². The van der Waals surface area contributed by atoms with Crippen LogP contribution >= 0.6 is 0 Å². The lowest BCUT2D eigenvalue weighted by Crippen LogP contribution is -2.63. The van der Waals surface area contributed by atoms with Gasteiger partial charge in [0.2, 0.25) is 5.78 Å². The van der Waals surface area contributed by atoms with Crippen LogP contribution in [-0.2, 0) is 9.59 Å². The maximum absolute atomic E-state index is 12.6. The molecule has 0 radical (unpaired) electrons. The topological polar surface area (TPSA) is 74.6 Å². The molecule has 0 spiro atoms. The summed E-state index contributed by atoms with van der Waals surface area (Å²) < 4.78 is 0. The molecule has 5 aliphatic rings. The summed E-state index contributed by atoms with van der Waals surface area (Å²) in [5.41, 5.74) is 1.75. The minimum Gasteiger partial charge on any atom is -0.504 e. The molecule has 0 aromatic rings. The van der Waals surface area contributed by atoms with Crippen LogP contribution in [-0.4, -0.2) is 22.0 Å². The van der Waals surface area contributed by atoms with Gasteiger partial charge in [-0.2, -0.15) is 0 Å². The molecule has 4 saturated carbocycles. The Morgan fingerprint density at radius 1 is 0.939 bits per heavy atom. The number of allylic oxidation sites excluding steroid dienone is 3. The average molecular weight is 455 g/mol. The second-order valence-electron chi connectivity index (χ2n) is 13.7. The molecule has 5 aliphatic carbocycles. The number of rotatable bonds is 1. The quantitative estimate of drug-likeness (QED) is 0.454. The summed E-state index contributed by atoms with van der Waals surface area (Å²) in [7, 11) is 0. The zero-order chi connectivity index (χ0) is 24.2. The Kier molecular flexibility index (Phi) is 4.75. The van der Waals surface area contributed by atoms with E-state index in [2.05, 4.69) is 27.7 Å². The number of carboxylic acid groups (broad SMARTS) is 1. The van der Waals surface area contributed by atoms with E-state index < -0.39 is 11.4 Å². The first kappa shape index (κ1) is 23.2. The highest BCUT2D eigenvalue weighted by Gasteiger charge is 2.67. The van der Waals surface area contributed by atoms with Gasteiger partial charge < -0.3 is 10.2 Å². The fourth-order valence-electron chi connectivity index (χ4n) is 9.64. The molecule has 0 aromatic carbocycles. The van der Waals surface area contributed by atoms with E-state index in [9.17, 15) is 19.8 Å². The van der Waals surface area contributed by atoms with Crippen molar-refractivity contribution >= 4 is 11.8 Å². The van der Waals surface area contributed by atoms with Crippen molar-refractivity contribution in [2.45, 2.75) is 99.3 Å². The molecular formula is C29H42O4. The van der Waals surface area contributed by atoms with Gasteiger partial charge in [0, 0.05) is 5.41 Å². The van der Waals surface area contributed by atoms with Crippen molar-refractivity contribution in [1.29, 1.82) is 0 Å². The molecule has 33 heavy (non-hydrogen) atoms. The summed E-state index contributed by atoms with van der Waals surface area (Å²) in [6, 6.07) is 0. The van der Waals surface area contributed by atoms with E-state index in [0.29, 0.717) is 17.8 Å². The van der Waals surface area contributed by atoms with Crippen molar-refractivity contribution in [3.63, 3.8) is 0 Å². The molecule has 8 atom stereocenters. The molecule has 0 bridgehead atoms. The van der Waals surface area contributed by atoms with Crippen LogP contribution in [0.5, 0.6) is 0 Å². The highest BCUT2D eigenvalue weighted by atomic mass is 16.4. The summed E-state index contributed by atoms with van der Waals surface area (Å²) in [6.07, 6.45) is 11.0. The molecule has 0 aliphatic heterocycles. The van der Waals surface area contributed by atoms with E-state index in [1.54, 1.807) is 6.08 Å². The lowest BCUT2D eigenvalue weighted by Gasteiger charge is -2.71. The molecule has 4 nitrogen and oxygen atoms in total. The summed E-state index contributed by atoms with van der Waals surface area (Å²) in [5.74, 6) is 0.414. The Bertz CT molecular complexity index is 992. The molecule has 0 saturated heterocycles. The van der Waals surface area contributed by atoms with Crippen LogP contribution in [0, 0.1) is 44.8 Å². The Balaban J connectivity index is 1.55. The predicted octanol–water partition coefficient (Wildman–Crippen LogP) is 6.86. The first-order valence-corrected chi connectivity index (χ1v) is 13.1. The summed E-state index contributed by atoms with van der Waals surface area (Å²) in [4.78, 5) is 24.9. The second kappa shape index (κ2) is 6.76. The molecule has 0 amide bonds. The third kappa shape index (κ3) is 2.76. The number of aliphatic carboxylic acids is 1. The van der Waals surface area contributed by atoms with E-state index in [0.717, 1.165) is 50.5 Å². The monoisotopic (exact) mass is 454 g/mol. The summed E-state index contributed by atoms with van der Waals surface area (Å²) in [6.45, 7) is 13.6. The predicted molar refractivity (Wildman–Crippen MR) is 129 cm³/mol. The maximum Gasteiger partial charge on any atom is 0.309 e. The van der Waals surface area contributed by atoms with E-state index in [4.69, 9.17) is 0 Å². The molecule has 0 aromatic heterocycles. The van der Waals surface area contributed by atoms with E-state index >= 15 is 0 Å². The molecule has 4 fully saturated rings. The van der Waals surface area contributed by atoms with Crippen molar-refractivity contribution < 1.29 is 19.8 Å². The first-order chi connectivity index (χ1) is 15.2. The van der Waals surface area contributed by atoms with Gasteiger partial charge in [-0.15, -0.1) is 0 Å². The van der Waals surface area contributed by atoms with Crippen molar-refractivity contribution in [3.8, 4) is 0 Å². The van der Waals surface area contributed by atoms with E-state index in [1.807, 2.05) is 13.8 Å². The Morgan fingerprint density at radius 3 is 2.27 bits per heavy atom. The van der Waals surface area contributed by atoms with Crippen LogP contribution in [0.3, 0.4) is 0 Å². The minimum absolute atomic E-state index is 0.0462. The lowest BCUT2D eigenvalue weighted by atomic mass is 9.33. The number of aliphatic hydroxyl groups excluding tert-OH is 1. The number of ketones is 1. The minimum atomic E-state index is -0.629. The Hall–Kier alpha value is -1.58. The SMILES string of the molecule is CC1=C(O)C(=O)C=C2[C@@H]3CC[C@@]4(C)[C@@H]5C[C@](C)(C(=O)O)CC[C@]5(C)CC[C@]4(C)[C@H]3CC[C@@]21C. The van der Waals surface area contributed by atoms with Crippen molar-refractivity contribution in [2.24, 2.45) is 44.8 Å². The molecular weight excluding hydrogens is 412 g/mol. The summed E-state index contributed by atoms with van der Waals surface area (Å²) in [5, 5.41) is 20.5. The number of hydrogen-bond acceptors (Lipinski definition) is 3. The molecule has 2 N–H and O–H groups in total. The third-order valence-corrected chi connectivity index (χ3v) is 12.5. The number of carboxylic acids is 1. The fraction of sp³-hybridized carbons (Fsp3) is 0.793. The molecule has 0 heterocycles.